The highest BCUT2D eigenvalue weighted by molar-refractivity contribution is 6.01. The number of benzene rings is 2. The summed E-state index contributed by atoms with van der Waals surface area (Å²) in [4.78, 5) is 18.5. The van der Waals surface area contributed by atoms with E-state index in [2.05, 4.69) is 30.1 Å². The standard InChI is InChI=1S/C24H28N2O2/c1-2-19-20-10-6-7-11-21(20)25-22(19)23(28)26-14-12-24(17-27,13-15-26)16-18-8-4-3-5-9-18/h3-11,25,27H,2,12-17H2,1H3. The molecule has 3 aromatic rings. The Morgan fingerprint density at radius 2 is 1.75 bits per heavy atom. The molecule has 1 aromatic heterocycles. The highest BCUT2D eigenvalue weighted by Crippen LogP contribution is 2.35. The molecule has 1 aliphatic heterocycles. The van der Waals surface area contributed by atoms with Crippen molar-refractivity contribution >= 4 is 16.8 Å². The van der Waals surface area contributed by atoms with E-state index >= 15 is 0 Å². The minimum absolute atomic E-state index is 0.0827. The fourth-order valence-electron chi connectivity index (χ4n) is 4.51. The Labute approximate surface area is 166 Å². The number of carbonyl (C=O) groups is 1. The number of likely N-dealkylation sites (tertiary alicyclic amines) is 1. The third kappa shape index (κ3) is 3.45. The molecule has 2 heterocycles. The van der Waals surface area contributed by atoms with Crippen molar-refractivity contribution in [2.24, 2.45) is 5.41 Å². The number of aryl methyl sites for hydroxylation is 1. The summed E-state index contributed by atoms with van der Waals surface area (Å²) >= 11 is 0. The van der Waals surface area contributed by atoms with E-state index in [9.17, 15) is 9.90 Å². The highest BCUT2D eigenvalue weighted by atomic mass is 16.3. The Morgan fingerprint density at radius 3 is 2.43 bits per heavy atom. The third-order valence-corrected chi connectivity index (χ3v) is 6.25. The Balaban J connectivity index is 1.51. The van der Waals surface area contributed by atoms with Gasteiger partial charge in [-0.25, -0.2) is 0 Å². The van der Waals surface area contributed by atoms with Crippen LogP contribution in [0.3, 0.4) is 0 Å². The largest absolute Gasteiger partial charge is 0.396 e. The summed E-state index contributed by atoms with van der Waals surface area (Å²) in [6.07, 6.45) is 3.34. The van der Waals surface area contributed by atoms with Crippen molar-refractivity contribution in [1.29, 1.82) is 0 Å². The summed E-state index contributed by atoms with van der Waals surface area (Å²) in [5.41, 5.74) is 3.97. The van der Waals surface area contributed by atoms with Crippen LogP contribution in [0.4, 0.5) is 0 Å². The van der Waals surface area contributed by atoms with Gasteiger partial charge in [-0.2, -0.15) is 0 Å². The molecule has 4 nitrogen and oxygen atoms in total. The molecule has 1 aliphatic rings. The van der Waals surface area contributed by atoms with Gasteiger partial charge in [-0.3, -0.25) is 4.79 Å². The molecule has 1 amide bonds. The Morgan fingerprint density at radius 1 is 1.07 bits per heavy atom. The summed E-state index contributed by atoms with van der Waals surface area (Å²) in [6.45, 7) is 3.63. The average molecular weight is 377 g/mol. The lowest BCUT2D eigenvalue weighted by molar-refractivity contribution is 0.0355. The van der Waals surface area contributed by atoms with E-state index in [4.69, 9.17) is 0 Å². The molecule has 0 aliphatic carbocycles. The van der Waals surface area contributed by atoms with E-state index < -0.39 is 0 Å². The van der Waals surface area contributed by atoms with Gasteiger partial charge >= 0.3 is 0 Å². The first-order valence-electron chi connectivity index (χ1n) is 10.2. The molecule has 28 heavy (non-hydrogen) atoms. The van der Waals surface area contributed by atoms with Crippen LogP contribution in [0.25, 0.3) is 10.9 Å². The maximum Gasteiger partial charge on any atom is 0.270 e. The van der Waals surface area contributed by atoms with Crippen molar-refractivity contribution < 1.29 is 9.90 Å². The Bertz CT molecular complexity index is 953. The molecule has 0 atom stereocenters. The number of aromatic amines is 1. The maximum absolute atomic E-state index is 13.2. The molecule has 0 spiro atoms. The molecule has 0 bridgehead atoms. The van der Waals surface area contributed by atoms with Gasteiger partial charge in [0.05, 0.1) is 0 Å². The lowest BCUT2D eigenvalue weighted by Crippen LogP contribution is -2.45. The van der Waals surface area contributed by atoms with Crippen LogP contribution in [0, 0.1) is 5.41 Å². The number of fused-ring (bicyclic) bond motifs is 1. The molecule has 4 heteroatoms. The van der Waals surface area contributed by atoms with E-state index in [1.807, 2.05) is 41.3 Å². The zero-order chi connectivity index (χ0) is 19.6. The van der Waals surface area contributed by atoms with Crippen molar-refractivity contribution in [3.05, 3.63) is 71.4 Å². The smallest absolute Gasteiger partial charge is 0.270 e. The molecule has 2 aromatic carbocycles. The Hall–Kier alpha value is -2.59. The van der Waals surface area contributed by atoms with Crippen LogP contribution in [-0.4, -0.2) is 40.6 Å². The third-order valence-electron chi connectivity index (χ3n) is 6.25. The molecule has 1 saturated heterocycles. The molecular formula is C24H28N2O2. The summed E-state index contributed by atoms with van der Waals surface area (Å²) < 4.78 is 0. The van der Waals surface area contributed by atoms with Gasteiger partial charge in [0.1, 0.15) is 5.69 Å². The quantitative estimate of drug-likeness (QED) is 0.702. The zero-order valence-electron chi connectivity index (χ0n) is 16.4. The fraction of sp³-hybridized carbons (Fsp3) is 0.375. The summed E-state index contributed by atoms with van der Waals surface area (Å²) in [6, 6.07) is 18.5. The fourth-order valence-corrected chi connectivity index (χ4v) is 4.51. The number of amides is 1. The van der Waals surface area contributed by atoms with E-state index in [1.165, 1.54) is 5.56 Å². The maximum atomic E-state index is 13.2. The van der Waals surface area contributed by atoms with E-state index in [0.717, 1.165) is 47.8 Å². The number of hydrogen-bond donors (Lipinski definition) is 2. The second-order valence-electron chi connectivity index (χ2n) is 7.99. The van der Waals surface area contributed by atoms with Gasteiger partial charge < -0.3 is 15.0 Å². The van der Waals surface area contributed by atoms with Crippen molar-refractivity contribution in [1.82, 2.24) is 9.88 Å². The zero-order valence-corrected chi connectivity index (χ0v) is 16.4. The minimum atomic E-state index is -0.133. The number of aliphatic hydroxyl groups is 1. The van der Waals surface area contributed by atoms with Crippen molar-refractivity contribution in [3.8, 4) is 0 Å². The van der Waals surface area contributed by atoms with E-state index in [0.29, 0.717) is 13.1 Å². The van der Waals surface area contributed by atoms with Crippen LogP contribution in [-0.2, 0) is 12.8 Å². The first-order chi connectivity index (χ1) is 13.7. The van der Waals surface area contributed by atoms with Crippen molar-refractivity contribution in [2.45, 2.75) is 32.6 Å². The van der Waals surface area contributed by atoms with Gasteiger partial charge in [-0.1, -0.05) is 55.5 Å². The highest BCUT2D eigenvalue weighted by Gasteiger charge is 2.36. The van der Waals surface area contributed by atoms with Gasteiger partial charge in [0, 0.05) is 36.0 Å². The number of nitrogens with one attached hydrogen (secondary N) is 1. The number of rotatable bonds is 5. The molecule has 1 fully saturated rings. The van der Waals surface area contributed by atoms with Gasteiger partial charge in [0.2, 0.25) is 0 Å². The minimum Gasteiger partial charge on any atom is -0.396 e. The van der Waals surface area contributed by atoms with Gasteiger partial charge in [-0.15, -0.1) is 0 Å². The normalized spacial score (nSPS) is 16.4. The summed E-state index contributed by atoms with van der Waals surface area (Å²) in [5, 5.41) is 11.3. The molecular weight excluding hydrogens is 348 g/mol. The lowest BCUT2D eigenvalue weighted by Gasteiger charge is -2.41. The molecule has 0 unspecified atom stereocenters. The second kappa shape index (κ2) is 7.80. The lowest BCUT2D eigenvalue weighted by atomic mass is 9.74. The molecule has 146 valence electrons. The summed E-state index contributed by atoms with van der Waals surface area (Å²) in [7, 11) is 0. The van der Waals surface area contributed by atoms with Crippen LogP contribution in [0.15, 0.2) is 54.6 Å². The molecule has 2 N–H and O–H groups in total. The van der Waals surface area contributed by atoms with E-state index in [1.54, 1.807) is 0 Å². The number of carbonyl (C=O) groups excluding carboxylic acids is 1. The average Bonchev–Trinajstić information content (AvgIpc) is 3.13. The van der Waals surface area contributed by atoms with E-state index in [-0.39, 0.29) is 17.9 Å². The second-order valence-corrected chi connectivity index (χ2v) is 7.99. The predicted octanol–water partition coefficient (Wildman–Crippen LogP) is 4.19. The number of aliphatic hydroxyl groups excluding tert-OH is 1. The van der Waals surface area contributed by atoms with Gasteiger partial charge in [0.15, 0.2) is 0 Å². The van der Waals surface area contributed by atoms with Crippen LogP contribution >= 0.6 is 0 Å². The number of H-pyrrole nitrogens is 1. The van der Waals surface area contributed by atoms with Gasteiger partial charge in [0.25, 0.3) is 5.91 Å². The first-order valence-corrected chi connectivity index (χ1v) is 10.2. The van der Waals surface area contributed by atoms with Crippen LogP contribution < -0.4 is 0 Å². The molecule has 0 radical (unpaired) electrons. The number of hydrogen-bond acceptors (Lipinski definition) is 2. The van der Waals surface area contributed by atoms with Crippen molar-refractivity contribution in [3.63, 3.8) is 0 Å². The van der Waals surface area contributed by atoms with Crippen LogP contribution in [0.1, 0.15) is 41.4 Å². The monoisotopic (exact) mass is 376 g/mol. The first kappa shape index (κ1) is 18.8. The SMILES string of the molecule is CCc1c(C(=O)N2CCC(CO)(Cc3ccccc3)CC2)[nH]c2ccccc12. The van der Waals surface area contributed by atoms with Gasteiger partial charge in [-0.05, 0) is 42.9 Å². The topological polar surface area (TPSA) is 56.3 Å². The number of nitrogens with zero attached hydrogens (tertiary/aromatic N) is 1. The van der Waals surface area contributed by atoms with Crippen LogP contribution in [0.2, 0.25) is 0 Å². The predicted molar refractivity (Wildman–Crippen MR) is 112 cm³/mol. The number of para-hydroxylation sites is 1. The van der Waals surface area contributed by atoms with Crippen LogP contribution in [0.5, 0.6) is 0 Å². The summed E-state index contributed by atoms with van der Waals surface area (Å²) in [5.74, 6) is 0.0827. The van der Waals surface area contributed by atoms with Crippen molar-refractivity contribution in [2.75, 3.05) is 19.7 Å². The number of aromatic nitrogens is 1. The number of piperidine rings is 1. The Kier molecular flexibility index (Phi) is 5.23. The molecule has 4 rings (SSSR count). The molecule has 0 saturated carbocycles.